The Labute approximate surface area is 129 Å². The molecule has 1 amide bonds. The molecule has 0 unspecified atom stereocenters. The van der Waals surface area contributed by atoms with Gasteiger partial charge >= 0.3 is 0 Å². The summed E-state index contributed by atoms with van der Waals surface area (Å²) in [4.78, 5) is 14.8. The number of aliphatic hydroxyl groups is 1. The molecule has 1 aromatic heterocycles. The Balaban J connectivity index is 1.73. The monoisotopic (exact) mass is 312 g/mol. The molecule has 1 atom stereocenters. The summed E-state index contributed by atoms with van der Waals surface area (Å²) < 4.78 is 5.12. The number of nitrogens with one attached hydrogen (secondary N) is 1. The molecule has 2 N–H and O–H groups in total. The van der Waals surface area contributed by atoms with Gasteiger partial charge < -0.3 is 20.1 Å². The molecule has 0 aromatic carbocycles. The van der Waals surface area contributed by atoms with Crippen LogP contribution in [-0.4, -0.2) is 55.3 Å². The number of β-amino-alcohol motifs (C(OH)–C–C–N with tert-alkyl or cyclic N) is 1. The molecule has 0 spiro atoms. The Morgan fingerprint density at radius 2 is 2.29 bits per heavy atom. The average molecular weight is 312 g/mol. The average Bonchev–Trinajstić information content (AvgIpc) is 2.96. The first kappa shape index (κ1) is 16.3. The van der Waals surface area contributed by atoms with Crippen molar-refractivity contribution in [2.75, 3.05) is 33.3 Å². The highest BCUT2D eigenvalue weighted by molar-refractivity contribution is 7.12. The van der Waals surface area contributed by atoms with Gasteiger partial charge in [0.25, 0.3) is 5.91 Å². The van der Waals surface area contributed by atoms with Gasteiger partial charge in [-0.3, -0.25) is 4.79 Å². The molecule has 1 saturated heterocycles. The van der Waals surface area contributed by atoms with Gasteiger partial charge in [0.05, 0.1) is 13.2 Å². The van der Waals surface area contributed by atoms with Gasteiger partial charge in [0.15, 0.2) is 0 Å². The molecule has 1 aliphatic heterocycles. The van der Waals surface area contributed by atoms with Crippen molar-refractivity contribution in [3.63, 3.8) is 0 Å². The van der Waals surface area contributed by atoms with Crippen LogP contribution in [0, 0.1) is 5.92 Å². The number of piperidine rings is 1. The summed E-state index contributed by atoms with van der Waals surface area (Å²) in [6.07, 6.45) is 1.84. The number of rotatable bonds is 6. The van der Waals surface area contributed by atoms with Gasteiger partial charge in [0.1, 0.15) is 10.6 Å². The highest BCUT2D eigenvalue weighted by Gasteiger charge is 2.19. The van der Waals surface area contributed by atoms with E-state index in [0.29, 0.717) is 17.2 Å². The predicted octanol–water partition coefficient (Wildman–Crippen LogP) is 1.58. The molecule has 1 aliphatic rings. The molecule has 0 aliphatic carbocycles. The first-order valence-corrected chi connectivity index (χ1v) is 8.28. The second-order valence-corrected chi connectivity index (χ2v) is 6.58. The summed E-state index contributed by atoms with van der Waals surface area (Å²) in [6.45, 7) is 5.22. The van der Waals surface area contributed by atoms with Crippen molar-refractivity contribution in [2.45, 2.75) is 25.9 Å². The van der Waals surface area contributed by atoms with E-state index in [4.69, 9.17) is 4.74 Å². The topological polar surface area (TPSA) is 61.8 Å². The third-order valence-corrected chi connectivity index (χ3v) is 4.79. The number of methoxy groups -OCH3 is 1. The largest absolute Gasteiger partial charge is 0.495 e. The van der Waals surface area contributed by atoms with Crippen molar-refractivity contribution in [1.82, 2.24) is 10.2 Å². The standard InChI is InChI=1S/C15H24N2O3S/c1-11-3-6-17(7-4-11)10-12(18)9-16-15(19)14-13(20-2)5-8-21-14/h5,8,11-12,18H,3-4,6-7,9-10H2,1-2H3,(H,16,19)/t12-/m1/s1. The van der Waals surface area contributed by atoms with Crippen molar-refractivity contribution in [3.8, 4) is 5.75 Å². The number of likely N-dealkylation sites (tertiary alicyclic amines) is 1. The number of ether oxygens (including phenoxy) is 1. The van der Waals surface area contributed by atoms with E-state index >= 15 is 0 Å². The number of hydrogen-bond donors (Lipinski definition) is 2. The maximum Gasteiger partial charge on any atom is 0.265 e. The lowest BCUT2D eigenvalue weighted by Gasteiger charge is -2.31. The van der Waals surface area contributed by atoms with E-state index in [-0.39, 0.29) is 12.5 Å². The smallest absolute Gasteiger partial charge is 0.265 e. The number of aliphatic hydroxyl groups excluding tert-OH is 1. The summed E-state index contributed by atoms with van der Waals surface area (Å²) in [5, 5.41) is 14.6. The molecule has 1 aromatic rings. The van der Waals surface area contributed by atoms with Crippen LogP contribution in [0.4, 0.5) is 0 Å². The van der Waals surface area contributed by atoms with Crippen LogP contribution < -0.4 is 10.1 Å². The first-order chi connectivity index (χ1) is 10.1. The second-order valence-electron chi connectivity index (χ2n) is 5.67. The first-order valence-electron chi connectivity index (χ1n) is 7.40. The number of thiophene rings is 1. The minimum absolute atomic E-state index is 0.187. The fraction of sp³-hybridized carbons (Fsp3) is 0.667. The molecule has 21 heavy (non-hydrogen) atoms. The van der Waals surface area contributed by atoms with Crippen LogP contribution in [0.25, 0.3) is 0 Å². The van der Waals surface area contributed by atoms with Crippen LogP contribution in [0.15, 0.2) is 11.4 Å². The zero-order valence-electron chi connectivity index (χ0n) is 12.7. The Morgan fingerprint density at radius 1 is 1.57 bits per heavy atom. The minimum Gasteiger partial charge on any atom is -0.495 e. The molecule has 0 radical (unpaired) electrons. The van der Waals surface area contributed by atoms with E-state index in [1.54, 1.807) is 13.2 Å². The molecule has 0 bridgehead atoms. The van der Waals surface area contributed by atoms with Crippen LogP contribution in [0.5, 0.6) is 5.75 Å². The fourth-order valence-corrected chi connectivity index (χ4v) is 3.30. The lowest BCUT2D eigenvalue weighted by Crippen LogP contribution is -2.42. The second kappa shape index (κ2) is 7.77. The third kappa shape index (κ3) is 4.69. The Kier molecular flexibility index (Phi) is 6.02. The van der Waals surface area contributed by atoms with Crippen LogP contribution in [0.3, 0.4) is 0 Å². The quantitative estimate of drug-likeness (QED) is 0.837. The molecule has 5 nitrogen and oxygen atoms in total. The van der Waals surface area contributed by atoms with Crippen molar-refractivity contribution < 1.29 is 14.6 Å². The normalized spacial score (nSPS) is 18.4. The van der Waals surface area contributed by atoms with Gasteiger partial charge in [-0.15, -0.1) is 11.3 Å². The number of amides is 1. The van der Waals surface area contributed by atoms with E-state index in [1.165, 1.54) is 24.2 Å². The molecule has 118 valence electrons. The van der Waals surface area contributed by atoms with Crippen LogP contribution >= 0.6 is 11.3 Å². The maximum absolute atomic E-state index is 12.0. The van der Waals surface area contributed by atoms with E-state index < -0.39 is 6.10 Å². The van der Waals surface area contributed by atoms with Crippen LogP contribution in [0.2, 0.25) is 0 Å². The molecular formula is C15H24N2O3S. The summed E-state index contributed by atoms with van der Waals surface area (Å²) in [6, 6.07) is 1.77. The Hall–Kier alpha value is -1.11. The van der Waals surface area contributed by atoms with Gasteiger partial charge in [0, 0.05) is 13.1 Å². The minimum atomic E-state index is -0.534. The van der Waals surface area contributed by atoms with E-state index in [1.807, 2.05) is 5.38 Å². The third-order valence-electron chi connectivity index (χ3n) is 3.90. The zero-order valence-corrected chi connectivity index (χ0v) is 13.5. The van der Waals surface area contributed by atoms with Crippen molar-refractivity contribution in [1.29, 1.82) is 0 Å². The fourth-order valence-electron chi connectivity index (χ4n) is 2.52. The molecule has 0 saturated carbocycles. The Morgan fingerprint density at radius 3 is 2.95 bits per heavy atom. The number of nitrogens with zero attached hydrogens (tertiary/aromatic N) is 1. The van der Waals surface area contributed by atoms with Crippen molar-refractivity contribution in [2.24, 2.45) is 5.92 Å². The van der Waals surface area contributed by atoms with E-state index in [2.05, 4.69) is 17.1 Å². The van der Waals surface area contributed by atoms with Gasteiger partial charge in [0.2, 0.25) is 0 Å². The van der Waals surface area contributed by atoms with Gasteiger partial charge in [-0.1, -0.05) is 6.92 Å². The Bertz CT molecular complexity index is 456. The predicted molar refractivity (Wildman–Crippen MR) is 84.0 cm³/mol. The van der Waals surface area contributed by atoms with Gasteiger partial charge in [-0.05, 0) is 43.3 Å². The lowest BCUT2D eigenvalue weighted by atomic mass is 9.99. The molecule has 6 heteroatoms. The van der Waals surface area contributed by atoms with Gasteiger partial charge in [-0.2, -0.15) is 0 Å². The summed E-state index contributed by atoms with van der Waals surface area (Å²) in [5.74, 6) is 1.18. The number of carbonyl (C=O) groups is 1. The van der Waals surface area contributed by atoms with Gasteiger partial charge in [-0.25, -0.2) is 0 Å². The zero-order chi connectivity index (χ0) is 15.2. The summed E-state index contributed by atoms with van der Waals surface area (Å²) in [7, 11) is 1.55. The van der Waals surface area contributed by atoms with E-state index in [0.717, 1.165) is 19.0 Å². The molecule has 1 fully saturated rings. The summed E-state index contributed by atoms with van der Waals surface area (Å²) in [5.41, 5.74) is 0. The molecular weight excluding hydrogens is 288 g/mol. The maximum atomic E-state index is 12.0. The van der Waals surface area contributed by atoms with Crippen molar-refractivity contribution in [3.05, 3.63) is 16.3 Å². The highest BCUT2D eigenvalue weighted by atomic mass is 32.1. The summed E-state index contributed by atoms with van der Waals surface area (Å²) >= 11 is 1.34. The van der Waals surface area contributed by atoms with Crippen molar-refractivity contribution >= 4 is 17.2 Å². The number of hydrogen-bond acceptors (Lipinski definition) is 5. The molecule has 2 rings (SSSR count). The molecule has 2 heterocycles. The number of carbonyl (C=O) groups excluding carboxylic acids is 1. The van der Waals surface area contributed by atoms with E-state index in [9.17, 15) is 9.90 Å². The SMILES string of the molecule is COc1ccsc1C(=O)NC[C@@H](O)CN1CCC(C)CC1. The lowest BCUT2D eigenvalue weighted by molar-refractivity contribution is 0.0796. The van der Waals surface area contributed by atoms with Crippen LogP contribution in [-0.2, 0) is 0 Å². The van der Waals surface area contributed by atoms with Crippen LogP contribution in [0.1, 0.15) is 29.4 Å². The highest BCUT2D eigenvalue weighted by Crippen LogP contribution is 2.24.